The summed E-state index contributed by atoms with van der Waals surface area (Å²) in [6.45, 7) is 4.49. The number of aliphatic hydroxyl groups is 1. The average molecular weight is 534 g/mol. The number of likely N-dealkylation sites (N-methyl/N-ethyl adjacent to an activating group) is 1. The van der Waals surface area contributed by atoms with Gasteiger partial charge in [-0.15, -0.1) is 0 Å². The lowest BCUT2D eigenvalue weighted by molar-refractivity contribution is -0.870. The molecule has 3 N–H and O–H groups in total. The van der Waals surface area contributed by atoms with Crippen LogP contribution in [-0.2, 0) is 18.4 Å². The Bertz CT molecular complexity index is 663. The topological polar surface area (TPSA) is 105 Å². The molecule has 8 nitrogen and oxygen atoms in total. The standard InChI is InChI=1S/C27H53N2O6P/c1-6-8-10-11-12-13-14-15-16-17-19-21-27(31)28-25(26(30)20-18-9-7-2)24-35-36(32,33)34-23-22-29(3,4)5/h11-12,18,20,25-26,30H,6-10,13-17,19,21-24H2,1-5H3,(H-,28,31,32,33)/p+1/b12-11-,20-18+. The molecule has 0 aromatic heterocycles. The number of rotatable bonds is 23. The minimum atomic E-state index is -4.30. The van der Waals surface area contributed by atoms with E-state index < -0.39 is 20.0 Å². The van der Waals surface area contributed by atoms with Gasteiger partial charge in [0.25, 0.3) is 0 Å². The van der Waals surface area contributed by atoms with E-state index in [9.17, 15) is 19.4 Å². The molecule has 212 valence electrons. The summed E-state index contributed by atoms with van der Waals surface area (Å²) in [6, 6.07) is -0.840. The van der Waals surface area contributed by atoms with E-state index in [2.05, 4.69) is 24.4 Å². The van der Waals surface area contributed by atoms with Gasteiger partial charge in [0, 0.05) is 6.42 Å². The molecular weight excluding hydrogens is 479 g/mol. The summed E-state index contributed by atoms with van der Waals surface area (Å²) < 4.78 is 23.0. The second-order valence-electron chi connectivity index (χ2n) is 10.4. The van der Waals surface area contributed by atoms with Crippen molar-refractivity contribution in [2.24, 2.45) is 0 Å². The second kappa shape index (κ2) is 21.0. The van der Waals surface area contributed by atoms with E-state index in [0.717, 1.165) is 44.9 Å². The van der Waals surface area contributed by atoms with E-state index in [0.29, 0.717) is 17.4 Å². The highest BCUT2D eigenvalue weighted by Crippen LogP contribution is 2.43. The Kier molecular flexibility index (Phi) is 20.4. The molecule has 0 rings (SSSR count). The largest absolute Gasteiger partial charge is 0.472 e. The van der Waals surface area contributed by atoms with Crippen LogP contribution in [0.15, 0.2) is 24.3 Å². The zero-order valence-corrected chi connectivity index (χ0v) is 24.4. The van der Waals surface area contributed by atoms with Gasteiger partial charge in [0.2, 0.25) is 5.91 Å². The number of quaternary nitrogens is 1. The van der Waals surface area contributed by atoms with Crippen LogP contribution in [0.1, 0.15) is 90.9 Å². The van der Waals surface area contributed by atoms with Crippen molar-refractivity contribution in [3.05, 3.63) is 24.3 Å². The van der Waals surface area contributed by atoms with Gasteiger partial charge < -0.3 is 19.8 Å². The van der Waals surface area contributed by atoms with Crippen molar-refractivity contribution >= 4 is 13.7 Å². The summed E-state index contributed by atoms with van der Waals surface area (Å²) in [5.41, 5.74) is 0. The summed E-state index contributed by atoms with van der Waals surface area (Å²) in [5, 5.41) is 13.3. The van der Waals surface area contributed by atoms with E-state index in [4.69, 9.17) is 9.05 Å². The molecule has 0 aliphatic heterocycles. The minimum absolute atomic E-state index is 0.0579. The first-order chi connectivity index (χ1) is 17.0. The number of aliphatic hydroxyl groups excluding tert-OH is 1. The number of hydrogen-bond acceptors (Lipinski definition) is 5. The Morgan fingerprint density at radius 1 is 0.917 bits per heavy atom. The third-order valence-corrected chi connectivity index (χ3v) is 6.63. The van der Waals surface area contributed by atoms with Gasteiger partial charge in [-0.2, -0.15) is 0 Å². The van der Waals surface area contributed by atoms with Crippen molar-refractivity contribution in [2.45, 2.75) is 103 Å². The lowest BCUT2D eigenvalue weighted by Crippen LogP contribution is -2.45. The van der Waals surface area contributed by atoms with Crippen molar-refractivity contribution in [3.63, 3.8) is 0 Å². The Labute approximate surface area is 220 Å². The predicted octanol–water partition coefficient (Wildman–Crippen LogP) is 5.51. The first kappa shape index (κ1) is 35.0. The van der Waals surface area contributed by atoms with E-state index in [-0.39, 0.29) is 19.1 Å². The summed E-state index contributed by atoms with van der Waals surface area (Å²) in [5.74, 6) is -0.205. The van der Waals surface area contributed by atoms with Crippen molar-refractivity contribution in [2.75, 3.05) is 40.9 Å². The number of carbonyl (C=O) groups is 1. The highest BCUT2D eigenvalue weighted by molar-refractivity contribution is 7.47. The van der Waals surface area contributed by atoms with Gasteiger partial charge >= 0.3 is 7.82 Å². The van der Waals surface area contributed by atoms with Crippen molar-refractivity contribution in [3.8, 4) is 0 Å². The van der Waals surface area contributed by atoms with Gasteiger partial charge in [0.1, 0.15) is 13.2 Å². The van der Waals surface area contributed by atoms with Crippen molar-refractivity contribution in [1.29, 1.82) is 0 Å². The Morgan fingerprint density at radius 3 is 2.19 bits per heavy atom. The van der Waals surface area contributed by atoms with E-state index in [1.54, 1.807) is 6.08 Å². The van der Waals surface area contributed by atoms with Gasteiger partial charge in [0.15, 0.2) is 0 Å². The van der Waals surface area contributed by atoms with Crippen LogP contribution >= 0.6 is 7.82 Å². The smallest absolute Gasteiger partial charge is 0.387 e. The fourth-order valence-corrected chi connectivity index (χ4v) is 4.05. The Hall–Kier alpha value is -1.02. The maximum atomic E-state index is 12.5. The Morgan fingerprint density at radius 2 is 1.56 bits per heavy atom. The molecule has 0 aliphatic rings. The van der Waals surface area contributed by atoms with Crippen LogP contribution in [-0.4, -0.2) is 73.4 Å². The number of carbonyl (C=O) groups excluding carboxylic acids is 1. The van der Waals surface area contributed by atoms with Crippen LogP contribution in [0.4, 0.5) is 0 Å². The number of allylic oxidation sites excluding steroid dienone is 3. The molecule has 36 heavy (non-hydrogen) atoms. The van der Waals surface area contributed by atoms with Crippen LogP contribution in [0.3, 0.4) is 0 Å². The monoisotopic (exact) mass is 533 g/mol. The molecule has 9 heteroatoms. The molecular formula is C27H54N2O6P+. The third kappa shape index (κ3) is 22.2. The number of hydrogen-bond donors (Lipinski definition) is 3. The van der Waals surface area contributed by atoms with Gasteiger partial charge in [-0.3, -0.25) is 13.8 Å². The summed E-state index contributed by atoms with van der Waals surface area (Å²) in [7, 11) is 1.55. The number of phosphoric ester groups is 1. The highest BCUT2D eigenvalue weighted by atomic mass is 31.2. The average Bonchev–Trinajstić information content (AvgIpc) is 2.79. The SMILES string of the molecule is CCC/C=C/C(O)C(COP(=O)(O)OCC[N+](C)(C)C)NC(=O)CCCCCCC/C=C\CCCC. The third-order valence-electron chi connectivity index (χ3n) is 5.65. The molecule has 0 fully saturated rings. The molecule has 0 aromatic carbocycles. The van der Waals surface area contributed by atoms with E-state index in [1.165, 1.54) is 25.7 Å². The minimum Gasteiger partial charge on any atom is -0.387 e. The lowest BCUT2D eigenvalue weighted by atomic mass is 10.1. The lowest BCUT2D eigenvalue weighted by Gasteiger charge is -2.25. The van der Waals surface area contributed by atoms with Crippen LogP contribution in [0.5, 0.6) is 0 Å². The van der Waals surface area contributed by atoms with E-state index >= 15 is 0 Å². The first-order valence-electron chi connectivity index (χ1n) is 13.7. The molecule has 0 heterocycles. The molecule has 0 aliphatic carbocycles. The van der Waals surface area contributed by atoms with Gasteiger partial charge in [-0.1, -0.05) is 76.7 Å². The number of nitrogens with one attached hydrogen (secondary N) is 1. The van der Waals surface area contributed by atoms with Crippen LogP contribution in [0, 0.1) is 0 Å². The van der Waals surface area contributed by atoms with E-state index in [1.807, 2.05) is 34.1 Å². The van der Waals surface area contributed by atoms with Crippen molar-refractivity contribution < 1.29 is 32.9 Å². The fraction of sp³-hybridized carbons (Fsp3) is 0.815. The van der Waals surface area contributed by atoms with Crippen LogP contribution in [0.2, 0.25) is 0 Å². The van der Waals surface area contributed by atoms with Gasteiger partial charge in [-0.05, 0) is 32.1 Å². The molecule has 0 aromatic rings. The summed E-state index contributed by atoms with van der Waals surface area (Å²) in [4.78, 5) is 22.5. The highest BCUT2D eigenvalue weighted by Gasteiger charge is 2.27. The zero-order valence-electron chi connectivity index (χ0n) is 23.5. The van der Waals surface area contributed by atoms with Gasteiger partial charge in [0.05, 0.1) is 39.9 Å². The number of nitrogens with zero attached hydrogens (tertiary/aromatic N) is 1. The molecule has 0 radical (unpaired) electrons. The van der Waals surface area contributed by atoms with Crippen LogP contribution < -0.4 is 5.32 Å². The van der Waals surface area contributed by atoms with Crippen LogP contribution in [0.25, 0.3) is 0 Å². The molecule has 3 atom stereocenters. The van der Waals surface area contributed by atoms with Gasteiger partial charge in [-0.25, -0.2) is 4.57 Å². The normalized spacial score (nSPS) is 15.9. The summed E-state index contributed by atoms with van der Waals surface area (Å²) >= 11 is 0. The maximum Gasteiger partial charge on any atom is 0.472 e. The summed E-state index contributed by atoms with van der Waals surface area (Å²) in [6.07, 6.45) is 18.9. The maximum absolute atomic E-state index is 12.5. The molecule has 3 unspecified atom stereocenters. The number of unbranched alkanes of at least 4 members (excludes halogenated alkanes) is 8. The molecule has 0 saturated heterocycles. The zero-order chi connectivity index (χ0) is 27.3. The predicted molar refractivity (Wildman–Crippen MR) is 148 cm³/mol. The second-order valence-corrected chi connectivity index (χ2v) is 11.9. The molecule has 0 spiro atoms. The molecule has 1 amide bonds. The Balaban J connectivity index is 4.48. The quantitative estimate of drug-likeness (QED) is 0.0693. The van der Waals surface area contributed by atoms with Crippen molar-refractivity contribution in [1.82, 2.24) is 5.32 Å². The molecule has 0 bridgehead atoms. The number of amides is 1. The number of phosphoric acid groups is 1. The fourth-order valence-electron chi connectivity index (χ4n) is 3.32. The molecule has 0 saturated carbocycles. The first-order valence-corrected chi connectivity index (χ1v) is 15.2.